The normalized spacial score (nSPS) is 17.7. The van der Waals surface area contributed by atoms with Crippen LogP contribution in [0.4, 0.5) is 5.69 Å². The van der Waals surface area contributed by atoms with E-state index in [2.05, 4.69) is 37.4 Å². The van der Waals surface area contributed by atoms with Crippen molar-refractivity contribution in [2.75, 3.05) is 5.32 Å². The average Bonchev–Trinajstić information content (AvgIpc) is 2.25. The van der Waals surface area contributed by atoms with Gasteiger partial charge in [-0.3, -0.25) is 0 Å². The molecule has 1 aliphatic carbocycles. The van der Waals surface area contributed by atoms with E-state index in [1.54, 1.807) is 0 Å². The van der Waals surface area contributed by atoms with E-state index < -0.39 is 0 Å². The van der Waals surface area contributed by atoms with Crippen LogP contribution in [-0.2, 0) is 0 Å². The zero-order chi connectivity index (χ0) is 10.7. The van der Waals surface area contributed by atoms with Crippen LogP contribution >= 0.6 is 0 Å². The number of aryl methyl sites for hydroxylation is 2. The smallest absolute Gasteiger partial charge is 0.0374 e. The summed E-state index contributed by atoms with van der Waals surface area (Å²) in [4.78, 5) is 0. The van der Waals surface area contributed by atoms with Gasteiger partial charge in [0, 0.05) is 11.7 Å². The number of rotatable bonds is 2. The standard InChI is InChI=1S/C14H21N/c1-11-8-9-12(2)14(10-11)15-13-6-4-3-5-7-13/h8-10,13,15H,3-7H2,1-2H3. The van der Waals surface area contributed by atoms with Crippen LogP contribution in [0.1, 0.15) is 43.2 Å². The topological polar surface area (TPSA) is 12.0 Å². The molecular weight excluding hydrogens is 182 g/mol. The van der Waals surface area contributed by atoms with E-state index in [0.29, 0.717) is 6.04 Å². The van der Waals surface area contributed by atoms with Crippen LogP contribution in [0.5, 0.6) is 0 Å². The molecule has 0 spiro atoms. The molecule has 0 aromatic heterocycles. The summed E-state index contributed by atoms with van der Waals surface area (Å²) in [5, 5.41) is 3.69. The molecule has 1 fully saturated rings. The lowest BCUT2D eigenvalue weighted by molar-refractivity contribution is 0.462. The SMILES string of the molecule is Cc1ccc(C)c(NC2CCCCC2)c1. The highest BCUT2D eigenvalue weighted by Gasteiger charge is 2.13. The molecule has 82 valence electrons. The fourth-order valence-electron chi connectivity index (χ4n) is 2.36. The van der Waals surface area contributed by atoms with Gasteiger partial charge in [-0.05, 0) is 43.9 Å². The molecule has 0 radical (unpaired) electrons. The summed E-state index contributed by atoms with van der Waals surface area (Å²) >= 11 is 0. The molecule has 2 rings (SSSR count). The van der Waals surface area contributed by atoms with Gasteiger partial charge in [-0.2, -0.15) is 0 Å². The Morgan fingerprint density at radius 2 is 1.80 bits per heavy atom. The minimum absolute atomic E-state index is 0.708. The molecular formula is C14H21N. The second-order valence-corrected chi connectivity index (χ2v) is 4.80. The van der Waals surface area contributed by atoms with Crippen LogP contribution < -0.4 is 5.32 Å². The second kappa shape index (κ2) is 4.69. The van der Waals surface area contributed by atoms with Crippen molar-refractivity contribution in [1.82, 2.24) is 0 Å². The van der Waals surface area contributed by atoms with Gasteiger partial charge in [-0.25, -0.2) is 0 Å². The summed E-state index contributed by atoms with van der Waals surface area (Å²) in [6, 6.07) is 7.37. The number of hydrogen-bond acceptors (Lipinski definition) is 1. The quantitative estimate of drug-likeness (QED) is 0.764. The van der Waals surface area contributed by atoms with Crippen LogP contribution in [0.15, 0.2) is 18.2 Å². The Hall–Kier alpha value is -0.980. The van der Waals surface area contributed by atoms with Crippen LogP contribution in [-0.4, -0.2) is 6.04 Å². The third-order valence-electron chi connectivity index (χ3n) is 3.36. The predicted molar refractivity (Wildman–Crippen MR) is 66.4 cm³/mol. The molecule has 0 aliphatic heterocycles. The lowest BCUT2D eigenvalue weighted by Gasteiger charge is -2.25. The van der Waals surface area contributed by atoms with Gasteiger partial charge in [0.15, 0.2) is 0 Å². The van der Waals surface area contributed by atoms with Crippen LogP contribution in [0.25, 0.3) is 0 Å². The zero-order valence-corrected chi connectivity index (χ0v) is 9.84. The van der Waals surface area contributed by atoms with Gasteiger partial charge in [-0.1, -0.05) is 31.4 Å². The van der Waals surface area contributed by atoms with E-state index in [1.807, 2.05) is 0 Å². The fourth-order valence-corrected chi connectivity index (χ4v) is 2.36. The monoisotopic (exact) mass is 203 g/mol. The Balaban J connectivity index is 2.05. The lowest BCUT2D eigenvalue weighted by Crippen LogP contribution is -2.22. The van der Waals surface area contributed by atoms with Gasteiger partial charge < -0.3 is 5.32 Å². The molecule has 0 unspecified atom stereocenters. The Morgan fingerprint density at radius 1 is 1.07 bits per heavy atom. The molecule has 0 heterocycles. The van der Waals surface area contributed by atoms with Crippen molar-refractivity contribution in [3.05, 3.63) is 29.3 Å². The second-order valence-electron chi connectivity index (χ2n) is 4.80. The maximum Gasteiger partial charge on any atom is 0.0374 e. The fraction of sp³-hybridized carbons (Fsp3) is 0.571. The van der Waals surface area contributed by atoms with Crippen LogP contribution in [0.2, 0.25) is 0 Å². The van der Waals surface area contributed by atoms with Crippen LogP contribution in [0, 0.1) is 13.8 Å². The van der Waals surface area contributed by atoms with Gasteiger partial charge in [0.25, 0.3) is 0 Å². The first-order chi connectivity index (χ1) is 7.25. The lowest BCUT2D eigenvalue weighted by atomic mass is 9.95. The molecule has 1 aliphatic rings. The van der Waals surface area contributed by atoms with Crippen molar-refractivity contribution in [2.24, 2.45) is 0 Å². The number of anilines is 1. The number of benzene rings is 1. The minimum atomic E-state index is 0.708. The number of nitrogens with one attached hydrogen (secondary N) is 1. The zero-order valence-electron chi connectivity index (χ0n) is 9.84. The first-order valence-electron chi connectivity index (χ1n) is 6.09. The summed E-state index contributed by atoms with van der Waals surface area (Å²) < 4.78 is 0. The van der Waals surface area contributed by atoms with Gasteiger partial charge in [-0.15, -0.1) is 0 Å². The summed E-state index contributed by atoms with van der Waals surface area (Å²) in [7, 11) is 0. The van der Waals surface area contributed by atoms with E-state index >= 15 is 0 Å². The molecule has 1 heteroatoms. The highest BCUT2D eigenvalue weighted by molar-refractivity contribution is 5.53. The Kier molecular flexibility index (Phi) is 3.30. The molecule has 0 amide bonds. The predicted octanol–water partition coefficient (Wildman–Crippen LogP) is 4.05. The van der Waals surface area contributed by atoms with Gasteiger partial charge >= 0.3 is 0 Å². The summed E-state index contributed by atoms with van der Waals surface area (Å²) in [6.07, 6.45) is 6.89. The van der Waals surface area contributed by atoms with E-state index in [0.717, 1.165) is 0 Å². The summed E-state index contributed by atoms with van der Waals surface area (Å²) in [5.41, 5.74) is 4.05. The van der Waals surface area contributed by atoms with E-state index in [9.17, 15) is 0 Å². The van der Waals surface area contributed by atoms with E-state index in [-0.39, 0.29) is 0 Å². The Bertz CT molecular complexity index is 324. The van der Waals surface area contributed by atoms with Gasteiger partial charge in [0.1, 0.15) is 0 Å². The molecule has 1 aromatic carbocycles. The first-order valence-corrected chi connectivity index (χ1v) is 6.09. The third-order valence-corrected chi connectivity index (χ3v) is 3.36. The average molecular weight is 203 g/mol. The summed E-state index contributed by atoms with van der Waals surface area (Å²) in [5.74, 6) is 0. The third kappa shape index (κ3) is 2.74. The first kappa shape index (κ1) is 10.5. The largest absolute Gasteiger partial charge is 0.382 e. The minimum Gasteiger partial charge on any atom is -0.382 e. The molecule has 15 heavy (non-hydrogen) atoms. The molecule has 1 nitrogen and oxygen atoms in total. The van der Waals surface area contributed by atoms with Crippen molar-refractivity contribution >= 4 is 5.69 Å². The Morgan fingerprint density at radius 3 is 2.53 bits per heavy atom. The van der Waals surface area contributed by atoms with Gasteiger partial charge in [0.05, 0.1) is 0 Å². The van der Waals surface area contributed by atoms with Crippen molar-refractivity contribution in [3.63, 3.8) is 0 Å². The maximum absolute atomic E-state index is 3.69. The highest BCUT2D eigenvalue weighted by atomic mass is 14.9. The van der Waals surface area contributed by atoms with Crippen molar-refractivity contribution in [2.45, 2.75) is 52.0 Å². The molecule has 0 bridgehead atoms. The maximum atomic E-state index is 3.69. The van der Waals surface area contributed by atoms with E-state index in [4.69, 9.17) is 0 Å². The summed E-state index contributed by atoms with van der Waals surface area (Å²) in [6.45, 7) is 4.34. The molecule has 0 atom stereocenters. The molecule has 0 saturated heterocycles. The van der Waals surface area contributed by atoms with Crippen molar-refractivity contribution in [1.29, 1.82) is 0 Å². The highest BCUT2D eigenvalue weighted by Crippen LogP contribution is 2.24. The van der Waals surface area contributed by atoms with Gasteiger partial charge in [0.2, 0.25) is 0 Å². The molecule has 1 N–H and O–H groups in total. The number of hydrogen-bond donors (Lipinski definition) is 1. The molecule has 1 aromatic rings. The van der Waals surface area contributed by atoms with E-state index in [1.165, 1.54) is 48.9 Å². The molecule has 1 saturated carbocycles. The van der Waals surface area contributed by atoms with Crippen molar-refractivity contribution < 1.29 is 0 Å². The van der Waals surface area contributed by atoms with Crippen molar-refractivity contribution in [3.8, 4) is 0 Å². The van der Waals surface area contributed by atoms with Crippen LogP contribution in [0.3, 0.4) is 0 Å². The Labute approximate surface area is 92.9 Å².